The summed E-state index contributed by atoms with van der Waals surface area (Å²) in [5, 5.41) is 14.7. The maximum atomic E-state index is 13.7. The molecule has 0 saturated carbocycles. The topological polar surface area (TPSA) is 82.7 Å². The molecular weight excluding hydrogens is 506 g/mol. The summed E-state index contributed by atoms with van der Waals surface area (Å²) in [6.45, 7) is 14.1. The third-order valence-electron chi connectivity index (χ3n) is 8.42. The molecule has 4 heterocycles. The zero-order chi connectivity index (χ0) is 29.0. The van der Waals surface area contributed by atoms with Crippen LogP contribution in [0.5, 0.6) is 0 Å². The van der Waals surface area contributed by atoms with Gasteiger partial charge in [-0.25, -0.2) is 18.7 Å². The molecule has 8 nitrogen and oxygen atoms in total. The van der Waals surface area contributed by atoms with Crippen LogP contribution in [0.3, 0.4) is 0 Å². The Morgan fingerprint density at radius 3 is 1.55 bits per heavy atom. The van der Waals surface area contributed by atoms with Crippen LogP contribution in [0.4, 0.5) is 9.59 Å². The largest absolute Gasteiger partial charge is 0.443 e. The predicted octanol–water partition coefficient (Wildman–Crippen LogP) is 6.26. The van der Waals surface area contributed by atoms with Crippen LogP contribution in [0.1, 0.15) is 71.0 Å². The van der Waals surface area contributed by atoms with Gasteiger partial charge in [-0.1, -0.05) is 36.4 Å². The van der Waals surface area contributed by atoms with Crippen LogP contribution in [-0.2, 0) is 28.2 Å². The number of rotatable bonds is 0. The maximum absolute atomic E-state index is 13.7. The lowest BCUT2D eigenvalue weighted by atomic mass is 9.71. The van der Waals surface area contributed by atoms with Crippen molar-refractivity contribution in [3.8, 4) is 0 Å². The van der Waals surface area contributed by atoms with E-state index in [9.17, 15) is 14.7 Å². The first-order valence-corrected chi connectivity index (χ1v) is 13.9. The summed E-state index contributed by atoms with van der Waals surface area (Å²) in [5.41, 5.74) is 1.40. The van der Waals surface area contributed by atoms with Gasteiger partial charge in [-0.3, -0.25) is 0 Å². The van der Waals surface area contributed by atoms with Crippen molar-refractivity contribution >= 4 is 34.0 Å². The Kier molecular flexibility index (Phi) is 5.46. The molecule has 1 atom stereocenters. The highest BCUT2D eigenvalue weighted by Gasteiger charge is 2.61. The molecule has 2 aliphatic heterocycles. The van der Waals surface area contributed by atoms with Gasteiger partial charge >= 0.3 is 12.2 Å². The van der Waals surface area contributed by atoms with Gasteiger partial charge in [0, 0.05) is 21.9 Å². The van der Waals surface area contributed by atoms with E-state index < -0.39 is 29.0 Å². The molecule has 2 aliphatic rings. The fourth-order valence-electron chi connectivity index (χ4n) is 6.78. The first-order chi connectivity index (χ1) is 18.6. The van der Waals surface area contributed by atoms with Gasteiger partial charge in [-0.2, -0.15) is 0 Å². The number of hydrogen-bond donors (Lipinski definition) is 1. The van der Waals surface area contributed by atoms with E-state index in [1.807, 2.05) is 90.1 Å². The Morgan fingerprint density at radius 1 is 0.800 bits per heavy atom. The van der Waals surface area contributed by atoms with Crippen molar-refractivity contribution in [3.63, 3.8) is 0 Å². The molecule has 210 valence electrons. The minimum Gasteiger partial charge on any atom is -0.443 e. The summed E-state index contributed by atoms with van der Waals surface area (Å²) in [6, 6.07) is 15.1. The van der Waals surface area contributed by atoms with Crippen LogP contribution in [0.15, 0.2) is 48.5 Å². The van der Waals surface area contributed by atoms with Crippen LogP contribution < -0.4 is 0 Å². The Bertz CT molecular complexity index is 1600. The molecule has 0 aliphatic carbocycles. The summed E-state index contributed by atoms with van der Waals surface area (Å²) >= 11 is 0. The van der Waals surface area contributed by atoms with Crippen molar-refractivity contribution in [1.82, 2.24) is 9.13 Å². The van der Waals surface area contributed by atoms with Crippen molar-refractivity contribution in [3.05, 3.63) is 71.0 Å². The standard InChI is InChI=1S/C32H38N3O5/c1-19-32(38)26-20-13-9-11-15-22(20)33(28(36)39-30(2,3)4)24(26)17-35(19,8)18-25-27(32)21-14-10-12-16-23(21)34(25)29(37)40-31(5,6)7/h9-16,19,38H,17-18H2,1-8H3/q+1/t19-,32?,35?/m0/s1. The lowest BCUT2D eigenvalue weighted by Gasteiger charge is -2.54. The van der Waals surface area contributed by atoms with Gasteiger partial charge in [0.05, 0.1) is 29.5 Å². The second-order valence-electron chi connectivity index (χ2n) is 13.5. The molecule has 0 spiro atoms. The Labute approximate surface area is 234 Å². The number of quaternary nitrogens is 1. The molecule has 40 heavy (non-hydrogen) atoms. The molecule has 4 aromatic rings. The number of aliphatic hydroxyl groups is 1. The normalized spacial score (nSPS) is 24.1. The molecule has 2 bridgehead atoms. The second-order valence-corrected chi connectivity index (χ2v) is 13.5. The number of nitrogens with zero attached hydrogens (tertiary/aromatic N) is 3. The molecule has 2 aromatic heterocycles. The summed E-state index contributed by atoms with van der Waals surface area (Å²) in [4.78, 5) is 27.4. The lowest BCUT2D eigenvalue weighted by molar-refractivity contribution is -0.969. The number of fused-ring (bicyclic) bond motifs is 10. The summed E-state index contributed by atoms with van der Waals surface area (Å²) < 4.78 is 15.4. The molecule has 6 rings (SSSR count). The van der Waals surface area contributed by atoms with E-state index in [4.69, 9.17) is 9.47 Å². The van der Waals surface area contributed by atoms with Crippen LogP contribution >= 0.6 is 0 Å². The molecule has 8 heteroatoms. The fourth-order valence-corrected chi connectivity index (χ4v) is 6.78. The molecule has 0 fully saturated rings. The van der Waals surface area contributed by atoms with Crippen molar-refractivity contribution < 1.29 is 28.7 Å². The van der Waals surface area contributed by atoms with Gasteiger partial charge in [0.15, 0.2) is 5.60 Å². The maximum Gasteiger partial charge on any atom is 0.419 e. The molecular formula is C32H38N3O5+. The minimum atomic E-state index is -1.49. The monoisotopic (exact) mass is 544 g/mol. The smallest absolute Gasteiger partial charge is 0.419 e. The molecule has 0 saturated heterocycles. The van der Waals surface area contributed by atoms with E-state index in [1.165, 1.54) is 0 Å². The highest BCUT2D eigenvalue weighted by molar-refractivity contribution is 5.98. The molecule has 0 amide bonds. The Balaban J connectivity index is 1.71. The Morgan fingerprint density at radius 2 is 1.18 bits per heavy atom. The molecule has 2 aromatic carbocycles. The number of likely N-dealkylation sites (N-methyl/N-ethyl adjacent to an activating group) is 1. The molecule has 0 unspecified atom stereocenters. The average molecular weight is 545 g/mol. The molecule has 1 N–H and O–H groups in total. The number of ether oxygens (including phenoxy) is 2. The van der Waals surface area contributed by atoms with E-state index in [0.717, 1.165) is 22.2 Å². The minimum absolute atomic E-state index is 0.261. The van der Waals surface area contributed by atoms with Crippen LogP contribution in [0.25, 0.3) is 21.8 Å². The van der Waals surface area contributed by atoms with Crippen molar-refractivity contribution in [2.24, 2.45) is 0 Å². The summed E-state index contributed by atoms with van der Waals surface area (Å²) in [7, 11) is 2.08. The van der Waals surface area contributed by atoms with E-state index in [2.05, 4.69) is 14.0 Å². The second kappa shape index (κ2) is 8.21. The van der Waals surface area contributed by atoms with Gasteiger partial charge in [0.1, 0.15) is 30.3 Å². The van der Waals surface area contributed by atoms with E-state index in [-0.39, 0.29) is 6.04 Å². The summed E-state index contributed by atoms with van der Waals surface area (Å²) in [5.74, 6) is 0. The highest BCUT2D eigenvalue weighted by Crippen LogP contribution is 2.55. The average Bonchev–Trinajstić information content (AvgIpc) is 3.32. The van der Waals surface area contributed by atoms with Gasteiger partial charge in [-0.05, 0) is 60.6 Å². The summed E-state index contributed by atoms with van der Waals surface area (Å²) in [6.07, 6.45) is -0.934. The lowest BCUT2D eigenvalue weighted by Crippen LogP contribution is -2.66. The van der Waals surface area contributed by atoms with Gasteiger partial charge in [-0.15, -0.1) is 0 Å². The third-order valence-corrected chi connectivity index (χ3v) is 8.42. The van der Waals surface area contributed by atoms with Crippen molar-refractivity contribution in [2.75, 3.05) is 7.05 Å². The Hall–Kier alpha value is -3.62. The van der Waals surface area contributed by atoms with E-state index in [1.54, 1.807) is 9.13 Å². The number of para-hydroxylation sites is 2. The third kappa shape index (κ3) is 3.65. The van der Waals surface area contributed by atoms with Crippen LogP contribution in [0.2, 0.25) is 0 Å². The zero-order valence-electron chi connectivity index (χ0n) is 24.5. The number of aromatic nitrogens is 2. The first kappa shape index (κ1) is 26.6. The SMILES string of the molecule is C[C@H]1C2(O)c3c(n(C(=O)OC(C)(C)C)c4ccccc34)C[N+]1(C)Cc1c2c2ccccc2n1C(=O)OC(C)(C)C. The fraction of sp³-hybridized carbons (Fsp3) is 0.438. The van der Waals surface area contributed by atoms with E-state index >= 15 is 0 Å². The molecule has 0 radical (unpaired) electrons. The number of hydrogen-bond acceptors (Lipinski definition) is 5. The van der Waals surface area contributed by atoms with Crippen LogP contribution in [-0.4, -0.2) is 55.2 Å². The predicted molar refractivity (Wildman–Crippen MR) is 153 cm³/mol. The van der Waals surface area contributed by atoms with Crippen molar-refractivity contribution in [1.29, 1.82) is 0 Å². The van der Waals surface area contributed by atoms with Gasteiger partial charge in [0.25, 0.3) is 0 Å². The number of carbonyl (C=O) groups is 2. The van der Waals surface area contributed by atoms with Crippen LogP contribution in [0, 0.1) is 0 Å². The quantitative estimate of drug-likeness (QED) is 0.264. The first-order valence-electron chi connectivity index (χ1n) is 13.9. The number of carbonyl (C=O) groups excluding carboxylic acids is 2. The van der Waals surface area contributed by atoms with E-state index in [0.29, 0.717) is 39.7 Å². The highest BCUT2D eigenvalue weighted by atomic mass is 16.6. The van der Waals surface area contributed by atoms with Gasteiger partial charge < -0.3 is 19.1 Å². The van der Waals surface area contributed by atoms with Gasteiger partial charge in [0.2, 0.25) is 0 Å². The zero-order valence-corrected chi connectivity index (χ0v) is 24.5. The van der Waals surface area contributed by atoms with Crippen molar-refractivity contribution in [2.45, 2.75) is 84.4 Å². The number of benzene rings is 2.